The van der Waals surface area contributed by atoms with Gasteiger partial charge in [0.05, 0.1) is 24.1 Å². The number of carbonyl (C=O) groups is 2. The van der Waals surface area contributed by atoms with E-state index in [9.17, 15) is 14.4 Å². The zero-order valence-electron chi connectivity index (χ0n) is 21.0. The molecular weight excluding hydrogens is 506 g/mol. The number of amides is 2. The molecule has 0 saturated carbocycles. The van der Waals surface area contributed by atoms with Gasteiger partial charge in [-0.1, -0.05) is 29.5 Å². The number of pyridine rings is 1. The van der Waals surface area contributed by atoms with E-state index in [2.05, 4.69) is 20.5 Å². The molecule has 2 atom stereocenters. The third-order valence-electron chi connectivity index (χ3n) is 6.37. The number of aromatic nitrogens is 3. The van der Waals surface area contributed by atoms with Crippen molar-refractivity contribution in [2.75, 3.05) is 19.7 Å². The summed E-state index contributed by atoms with van der Waals surface area (Å²) >= 11 is 0.973. The van der Waals surface area contributed by atoms with Crippen LogP contribution in [0.3, 0.4) is 0 Å². The third kappa shape index (κ3) is 5.52. The molecule has 11 heteroatoms. The minimum absolute atomic E-state index is 0.248. The van der Waals surface area contributed by atoms with E-state index in [1.54, 1.807) is 31.2 Å². The molecule has 10 nitrogen and oxygen atoms in total. The van der Waals surface area contributed by atoms with Gasteiger partial charge < -0.3 is 19.7 Å². The number of hydrogen-bond acceptors (Lipinski definition) is 8. The van der Waals surface area contributed by atoms with E-state index >= 15 is 0 Å². The smallest absolute Gasteiger partial charge is 0.409 e. The highest BCUT2D eigenvalue weighted by Gasteiger charge is 2.39. The maximum absolute atomic E-state index is 13.1. The zero-order chi connectivity index (χ0) is 26.6. The lowest BCUT2D eigenvalue weighted by molar-refractivity contribution is 0.0928. The Morgan fingerprint density at radius 1 is 1.16 bits per heavy atom. The number of rotatable bonds is 7. The highest BCUT2D eigenvalue weighted by molar-refractivity contribution is 7.08. The lowest BCUT2D eigenvalue weighted by Gasteiger charge is -2.18. The van der Waals surface area contributed by atoms with Crippen LogP contribution < -0.4 is 14.9 Å². The zero-order valence-corrected chi connectivity index (χ0v) is 21.8. The molecule has 1 fully saturated rings. The van der Waals surface area contributed by atoms with Crippen LogP contribution in [0, 0.1) is 6.92 Å². The van der Waals surface area contributed by atoms with Crippen LogP contribution in [-0.4, -0.2) is 57.8 Å². The molecule has 2 N–H and O–H groups in total. The van der Waals surface area contributed by atoms with Crippen LogP contribution in [0.2, 0.25) is 0 Å². The predicted molar refractivity (Wildman–Crippen MR) is 143 cm³/mol. The van der Waals surface area contributed by atoms with E-state index in [1.807, 2.05) is 37.3 Å². The monoisotopic (exact) mass is 533 g/mol. The van der Waals surface area contributed by atoms with Gasteiger partial charge in [0.25, 0.3) is 5.91 Å². The summed E-state index contributed by atoms with van der Waals surface area (Å²) in [6.45, 7) is 4.85. The number of fused-ring (bicyclic) bond motifs is 1. The molecule has 3 heterocycles. The average molecular weight is 534 g/mol. The lowest BCUT2D eigenvalue weighted by atomic mass is 10.0. The van der Waals surface area contributed by atoms with Crippen LogP contribution in [0.25, 0.3) is 10.9 Å². The standard InChI is InChI=1S/C27H27N5O5S/c1-3-36-27(35)32-13-21(25-30-31-26(34)38-25)23(14-32)29-24(33)17-8-10-19(11-9-17)37-15-18-12-16(2)28-22-7-5-4-6-20(18)22/h4-12,21,23H,3,13-15H2,1-2H3,(H,29,33)(H,31,34). The van der Waals surface area contributed by atoms with Gasteiger partial charge in [0.15, 0.2) is 0 Å². The van der Waals surface area contributed by atoms with Gasteiger partial charge in [0, 0.05) is 35.3 Å². The minimum atomic E-state index is -0.462. The van der Waals surface area contributed by atoms with E-state index in [1.165, 1.54) is 4.90 Å². The molecule has 2 aromatic carbocycles. The maximum Gasteiger partial charge on any atom is 0.409 e. The first-order valence-corrected chi connectivity index (χ1v) is 13.1. The van der Waals surface area contributed by atoms with Crippen molar-refractivity contribution in [3.63, 3.8) is 0 Å². The largest absolute Gasteiger partial charge is 0.489 e. The number of carbonyl (C=O) groups excluding carboxylic acids is 2. The molecule has 38 heavy (non-hydrogen) atoms. The summed E-state index contributed by atoms with van der Waals surface area (Å²) in [6.07, 6.45) is -0.462. The summed E-state index contributed by atoms with van der Waals surface area (Å²) < 4.78 is 11.1. The Kier molecular flexibility index (Phi) is 7.36. The van der Waals surface area contributed by atoms with Crippen molar-refractivity contribution in [3.05, 3.63) is 86.1 Å². The number of nitrogens with one attached hydrogen (secondary N) is 2. The van der Waals surface area contributed by atoms with Crippen molar-refractivity contribution in [2.24, 2.45) is 0 Å². The minimum Gasteiger partial charge on any atom is -0.489 e. The van der Waals surface area contributed by atoms with Gasteiger partial charge in [0.2, 0.25) is 0 Å². The molecule has 0 radical (unpaired) electrons. The normalized spacial score (nSPS) is 16.9. The summed E-state index contributed by atoms with van der Waals surface area (Å²) in [5.74, 6) is 0.0121. The molecule has 5 rings (SSSR count). The quantitative estimate of drug-likeness (QED) is 0.372. The summed E-state index contributed by atoms with van der Waals surface area (Å²) in [5, 5.41) is 11.1. The second-order valence-electron chi connectivity index (χ2n) is 8.99. The molecule has 1 aliphatic rings. The van der Waals surface area contributed by atoms with Gasteiger partial charge in [-0.15, -0.1) is 0 Å². The van der Waals surface area contributed by atoms with Crippen molar-refractivity contribution in [1.82, 2.24) is 25.4 Å². The number of H-pyrrole nitrogens is 1. The number of aromatic amines is 1. The molecule has 196 valence electrons. The number of benzene rings is 2. The Morgan fingerprint density at radius 2 is 1.95 bits per heavy atom. The van der Waals surface area contributed by atoms with Crippen molar-refractivity contribution < 1.29 is 19.1 Å². The third-order valence-corrected chi connectivity index (χ3v) is 7.25. The van der Waals surface area contributed by atoms with Crippen LogP contribution >= 0.6 is 11.3 Å². The number of ether oxygens (including phenoxy) is 2. The van der Waals surface area contributed by atoms with E-state index in [0.717, 1.165) is 33.5 Å². The van der Waals surface area contributed by atoms with E-state index in [4.69, 9.17) is 9.47 Å². The molecule has 2 aromatic heterocycles. The summed E-state index contributed by atoms with van der Waals surface area (Å²) in [4.78, 5) is 42.9. The van der Waals surface area contributed by atoms with Gasteiger partial charge in [0.1, 0.15) is 17.4 Å². The van der Waals surface area contributed by atoms with Gasteiger partial charge in [-0.2, -0.15) is 5.10 Å². The topological polar surface area (TPSA) is 127 Å². The Morgan fingerprint density at radius 3 is 2.68 bits per heavy atom. The summed E-state index contributed by atoms with van der Waals surface area (Å²) in [5.41, 5.74) is 3.33. The fraction of sp³-hybridized carbons (Fsp3) is 0.296. The Bertz CT molecular complexity index is 1520. The molecule has 0 spiro atoms. The number of para-hydroxylation sites is 1. The Labute approximate surface area is 222 Å². The molecule has 1 saturated heterocycles. The SMILES string of the molecule is CCOC(=O)N1CC(NC(=O)c2ccc(OCc3cc(C)nc4ccccc34)cc2)C(c2n[nH]c(=O)s2)C1. The first kappa shape index (κ1) is 25.4. The number of nitrogens with zero attached hydrogens (tertiary/aromatic N) is 3. The Balaban J connectivity index is 1.26. The van der Waals surface area contributed by atoms with Crippen LogP contribution in [-0.2, 0) is 11.3 Å². The van der Waals surface area contributed by atoms with Crippen LogP contribution in [0.15, 0.2) is 59.4 Å². The number of likely N-dealkylation sites (tertiary alicyclic amines) is 1. The molecule has 2 unspecified atom stereocenters. The first-order chi connectivity index (χ1) is 18.4. The molecule has 2 amide bonds. The fourth-order valence-corrected chi connectivity index (χ4v) is 5.36. The van der Waals surface area contributed by atoms with Crippen LogP contribution in [0.5, 0.6) is 5.75 Å². The lowest BCUT2D eigenvalue weighted by Crippen LogP contribution is -2.40. The Hall–Kier alpha value is -4.25. The van der Waals surface area contributed by atoms with Crippen molar-refractivity contribution >= 4 is 34.2 Å². The number of hydrogen-bond donors (Lipinski definition) is 2. The highest BCUT2D eigenvalue weighted by Crippen LogP contribution is 2.28. The van der Waals surface area contributed by atoms with Crippen molar-refractivity contribution in [3.8, 4) is 5.75 Å². The predicted octanol–water partition coefficient (Wildman–Crippen LogP) is 3.62. The molecular formula is C27H27N5O5S. The van der Waals surface area contributed by atoms with E-state index in [0.29, 0.717) is 29.5 Å². The van der Waals surface area contributed by atoms with Crippen molar-refractivity contribution in [1.29, 1.82) is 0 Å². The van der Waals surface area contributed by atoms with Crippen molar-refractivity contribution in [2.45, 2.75) is 32.4 Å². The van der Waals surface area contributed by atoms with Crippen LogP contribution in [0.1, 0.15) is 39.5 Å². The summed E-state index contributed by atoms with van der Waals surface area (Å²) in [6, 6.07) is 16.4. The van der Waals surface area contributed by atoms with Gasteiger partial charge in [-0.05, 0) is 50.2 Å². The van der Waals surface area contributed by atoms with Gasteiger partial charge >= 0.3 is 11.0 Å². The highest BCUT2D eigenvalue weighted by atomic mass is 32.1. The van der Waals surface area contributed by atoms with Gasteiger partial charge in [-0.3, -0.25) is 14.6 Å². The molecule has 4 aromatic rings. The number of aryl methyl sites for hydroxylation is 1. The first-order valence-electron chi connectivity index (χ1n) is 12.3. The fourth-order valence-electron chi connectivity index (χ4n) is 4.59. The maximum atomic E-state index is 13.1. The van der Waals surface area contributed by atoms with E-state index in [-0.39, 0.29) is 29.8 Å². The summed E-state index contributed by atoms with van der Waals surface area (Å²) in [7, 11) is 0. The van der Waals surface area contributed by atoms with Gasteiger partial charge in [-0.25, -0.2) is 9.89 Å². The van der Waals surface area contributed by atoms with E-state index < -0.39 is 12.1 Å². The second-order valence-corrected chi connectivity index (χ2v) is 9.99. The second kappa shape index (κ2) is 11.0. The van der Waals surface area contributed by atoms with Crippen LogP contribution in [0.4, 0.5) is 4.79 Å². The molecule has 1 aliphatic heterocycles. The average Bonchev–Trinajstić information content (AvgIpc) is 3.53. The molecule has 0 bridgehead atoms. The molecule has 0 aliphatic carbocycles.